The van der Waals surface area contributed by atoms with Crippen molar-refractivity contribution in [2.45, 2.75) is 26.8 Å². The fourth-order valence-electron chi connectivity index (χ4n) is 1.54. The Labute approximate surface area is 109 Å². The lowest BCUT2D eigenvalue weighted by Crippen LogP contribution is -2.39. The summed E-state index contributed by atoms with van der Waals surface area (Å²) in [6.07, 6.45) is 0. The average molecular weight is 250 g/mol. The van der Waals surface area contributed by atoms with Crippen molar-refractivity contribution in [3.05, 3.63) is 29.8 Å². The minimum Gasteiger partial charge on any atom is -0.380 e. The summed E-state index contributed by atoms with van der Waals surface area (Å²) in [5.74, 6) is -0.0270. The number of benzene rings is 1. The second-order valence-electron chi connectivity index (χ2n) is 4.18. The fraction of sp³-hybridized carbons (Fsp3) is 0.500. The normalized spacial score (nSPS) is 12.2. The molecule has 1 rings (SSSR count). The van der Waals surface area contributed by atoms with Crippen LogP contribution >= 0.6 is 0 Å². The molecule has 0 heterocycles. The summed E-state index contributed by atoms with van der Waals surface area (Å²) >= 11 is 0. The van der Waals surface area contributed by atoms with E-state index in [4.69, 9.17) is 4.74 Å². The van der Waals surface area contributed by atoms with E-state index < -0.39 is 0 Å². The van der Waals surface area contributed by atoms with Crippen LogP contribution in [0.4, 0.5) is 5.69 Å². The van der Waals surface area contributed by atoms with Crippen molar-refractivity contribution in [1.82, 2.24) is 5.32 Å². The van der Waals surface area contributed by atoms with Crippen LogP contribution in [0.3, 0.4) is 0 Å². The molecule has 0 radical (unpaired) electrons. The molecule has 0 saturated heterocycles. The molecule has 1 atom stereocenters. The second-order valence-corrected chi connectivity index (χ2v) is 4.18. The van der Waals surface area contributed by atoms with E-state index in [2.05, 4.69) is 10.6 Å². The van der Waals surface area contributed by atoms with E-state index in [1.165, 1.54) is 0 Å². The second kappa shape index (κ2) is 7.84. The highest BCUT2D eigenvalue weighted by molar-refractivity contribution is 5.95. The van der Waals surface area contributed by atoms with Crippen molar-refractivity contribution in [2.75, 3.05) is 25.1 Å². The Morgan fingerprint density at radius 1 is 1.39 bits per heavy atom. The molecule has 4 heteroatoms. The van der Waals surface area contributed by atoms with Gasteiger partial charge in [-0.15, -0.1) is 0 Å². The SMILES string of the molecule is CCOCCNC(C)C(=O)Nc1ccccc1C. The van der Waals surface area contributed by atoms with Crippen LogP contribution in [0.1, 0.15) is 19.4 Å². The van der Waals surface area contributed by atoms with E-state index in [0.29, 0.717) is 19.8 Å². The zero-order valence-corrected chi connectivity index (χ0v) is 11.3. The molecule has 2 N–H and O–H groups in total. The molecule has 1 aromatic carbocycles. The first-order chi connectivity index (χ1) is 8.65. The maximum atomic E-state index is 11.9. The number of anilines is 1. The Hall–Kier alpha value is -1.39. The molecule has 1 amide bonds. The van der Waals surface area contributed by atoms with E-state index in [-0.39, 0.29) is 11.9 Å². The number of hydrogen-bond donors (Lipinski definition) is 2. The molecule has 4 nitrogen and oxygen atoms in total. The highest BCUT2D eigenvalue weighted by atomic mass is 16.5. The molecule has 0 spiro atoms. The average Bonchev–Trinajstić information content (AvgIpc) is 2.37. The maximum Gasteiger partial charge on any atom is 0.241 e. The van der Waals surface area contributed by atoms with Crippen molar-refractivity contribution in [2.24, 2.45) is 0 Å². The van der Waals surface area contributed by atoms with E-state index in [0.717, 1.165) is 11.3 Å². The summed E-state index contributed by atoms with van der Waals surface area (Å²) in [5.41, 5.74) is 1.92. The molecule has 1 unspecified atom stereocenters. The molecule has 0 bridgehead atoms. The highest BCUT2D eigenvalue weighted by Gasteiger charge is 2.12. The van der Waals surface area contributed by atoms with Crippen LogP contribution in [0.2, 0.25) is 0 Å². The number of carbonyl (C=O) groups excluding carboxylic acids is 1. The van der Waals surface area contributed by atoms with Gasteiger partial charge in [0, 0.05) is 18.8 Å². The number of hydrogen-bond acceptors (Lipinski definition) is 3. The first-order valence-electron chi connectivity index (χ1n) is 6.32. The molecule has 18 heavy (non-hydrogen) atoms. The molecule has 0 aliphatic carbocycles. The molecular formula is C14H22N2O2. The molecule has 0 aliphatic heterocycles. The quantitative estimate of drug-likeness (QED) is 0.727. The molecule has 100 valence electrons. The molecule has 0 aliphatic rings. The summed E-state index contributed by atoms with van der Waals surface area (Å²) in [5, 5.41) is 6.03. The Morgan fingerprint density at radius 2 is 2.11 bits per heavy atom. The number of rotatable bonds is 7. The third-order valence-electron chi connectivity index (χ3n) is 2.70. The smallest absolute Gasteiger partial charge is 0.241 e. The van der Waals surface area contributed by atoms with Crippen LogP contribution in [0.25, 0.3) is 0 Å². The summed E-state index contributed by atoms with van der Waals surface area (Å²) < 4.78 is 5.21. The van der Waals surface area contributed by atoms with Gasteiger partial charge in [0.25, 0.3) is 0 Å². The largest absolute Gasteiger partial charge is 0.380 e. The Morgan fingerprint density at radius 3 is 2.78 bits per heavy atom. The minimum absolute atomic E-state index is 0.0270. The highest BCUT2D eigenvalue weighted by Crippen LogP contribution is 2.13. The van der Waals surface area contributed by atoms with Crippen LogP contribution in [0, 0.1) is 6.92 Å². The summed E-state index contributed by atoms with van der Waals surface area (Å²) in [6, 6.07) is 7.51. The number of carbonyl (C=O) groups is 1. The summed E-state index contributed by atoms with van der Waals surface area (Å²) in [6.45, 7) is 7.77. The zero-order chi connectivity index (χ0) is 13.4. The molecule has 0 saturated carbocycles. The molecule has 0 fully saturated rings. The number of amides is 1. The van der Waals surface area contributed by atoms with Gasteiger partial charge in [0.15, 0.2) is 0 Å². The Kier molecular flexibility index (Phi) is 6.39. The van der Waals surface area contributed by atoms with Crippen molar-refractivity contribution >= 4 is 11.6 Å². The topological polar surface area (TPSA) is 50.4 Å². The van der Waals surface area contributed by atoms with E-state index in [1.54, 1.807) is 0 Å². The third kappa shape index (κ3) is 4.85. The molecule has 0 aromatic heterocycles. The maximum absolute atomic E-state index is 11.9. The zero-order valence-electron chi connectivity index (χ0n) is 11.3. The Balaban J connectivity index is 2.38. The lowest BCUT2D eigenvalue weighted by molar-refractivity contribution is -0.117. The Bertz CT molecular complexity index is 380. The monoisotopic (exact) mass is 250 g/mol. The first-order valence-corrected chi connectivity index (χ1v) is 6.32. The van der Waals surface area contributed by atoms with Crippen molar-refractivity contribution < 1.29 is 9.53 Å². The van der Waals surface area contributed by atoms with Gasteiger partial charge in [0.2, 0.25) is 5.91 Å². The predicted octanol–water partition coefficient (Wildman–Crippen LogP) is 1.95. The van der Waals surface area contributed by atoms with Crippen LogP contribution in [-0.2, 0) is 9.53 Å². The number of ether oxygens (including phenoxy) is 1. The third-order valence-corrected chi connectivity index (χ3v) is 2.70. The molecule has 1 aromatic rings. The number of para-hydroxylation sites is 1. The van der Waals surface area contributed by atoms with Gasteiger partial charge in [-0.1, -0.05) is 18.2 Å². The van der Waals surface area contributed by atoms with Gasteiger partial charge < -0.3 is 15.4 Å². The van der Waals surface area contributed by atoms with Crippen LogP contribution in [0.5, 0.6) is 0 Å². The first kappa shape index (κ1) is 14.7. The van der Waals surface area contributed by atoms with Crippen molar-refractivity contribution in [1.29, 1.82) is 0 Å². The fourth-order valence-corrected chi connectivity index (χ4v) is 1.54. The van der Waals surface area contributed by atoms with E-state index in [9.17, 15) is 4.79 Å². The van der Waals surface area contributed by atoms with Crippen molar-refractivity contribution in [3.8, 4) is 0 Å². The van der Waals surface area contributed by atoms with Gasteiger partial charge in [-0.05, 0) is 32.4 Å². The van der Waals surface area contributed by atoms with Gasteiger partial charge in [-0.2, -0.15) is 0 Å². The van der Waals surface area contributed by atoms with Gasteiger partial charge in [0.05, 0.1) is 12.6 Å². The minimum atomic E-state index is -0.231. The van der Waals surface area contributed by atoms with E-state index in [1.807, 2.05) is 45.0 Å². The van der Waals surface area contributed by atoms with Crippen LogP contribution < -0.4 is 10.6 Å². The van der Waals surface area contributed by atoms with Crippen molar-refractivity contribution in [3.63, 3.8) is 0 Å². The molecular weight excluding hydrogens is 228 g/mol. The van der Waals surface area contributed by atoms with Gasteiger partial charge in [-0.25, -0.2) is 0 Å². The van der Waals surface area contributed by atoms with Crippen LogP contribution in [0.15, 0.2) is 24.3 Å². The summed E-state index contributed by atoms with van der Waals surface area (Å²) in [4.78, 5) is 11.9. The van der Waals surface area contributed by atoms with E-state index >= 15 is 0 Å². The van der Waals surface area contributed by atoms with Crippen LogP contribution in [-0.4, -0.2) is 31.7 Å². The number of aryl methyl sites for hydroxylation is 1. The lowest BCUT2D eigenvalue weighted by Gasteiger charge is -2.15. The number of nitrogens with one attached hydrogen (secondary N) is 2. The van der Waals surface area contributed by atoms with Gasteiger partial charge >= 0.3 is 0 Å². The predicted molar refractivity (Wildman–Crippen MR) is 73.8 cm³/mol. The lowest BCUT2D eigenvalue weighted by atomic mass is 10.2. The van der Waals surface area contributed by atoms with Gasteiger partial charge in [0.1, 0.15) is 0 Å². The van der Waals surface area contributed by atoms with Gasteiger partial charge in [-0.3, -0.25) is 4.79 Å². The standard InChI is InChI=1S/C14H22N2O2/c1-4-18-10-9-15-12(3)14(17)16-13-8-6-5-7-11(13)2/h5-8,12,15H,4,9-10H2,1-3H3,(H,16,17). The summed E-state index contributed by atoms with van der Waals surface area (Å²) in [7, 11) is 0.